The van der Waals surface area contributed by atoms with Gasteiger partial charge in [-0.2, -0.15) is 0 Å². The van der Waals surface area contributed by atoms with Crippen LogP contribution in [-0.2, 0) is 11.2 Å². The summed E-state index contributed by atoms with van der Waals surface area (Å²) in [6.07, 6.45) is 2.50. The van der Waals surface area contributed by atoms with E-state index >= 15 is 0 Å². The van der Waals surface area contributed by atoms with Crippen molar-refractivity contribution in [1.29, 1.82) is 0 Å². The summed E-state index contributed by atoms with van der Waals surface area (Å²) >= 11 is 0. The van der Waals surface area contributed by atoms with E-state index in [0.29, 0.717) is 6.54 Å². The van der Waals surface area contributed by atoms with Crippen LogP contribution in [0.2, 0.25) is 0 Å². The number of hydrogen-bond acceptors (Lipinski definition) is 4. The van der Waals surface area contributed by atoms with Crippen molar-refractivity contribution in [3.8, 4) is 11.5 Å². The van der Waals surface area contributed by atoms with Crippen molar-refractivity contribution in [3.63, 3.8) is 0 Å². The molecule has 1 aromatic carbocycles. The molecule has 0 aliphatic heterocycles. The van der Waals surface area contributed by atoms with Crippen LogP contribution < -0.4 is 14.8 Å². The summed E-state index contributed by atoms with van der Waals surface area (Å²) < 4.78 is 10.5. The minimum Gasteiger partial charge on any atom is -0.493 e. The minimum atomic E-state index is -0.180. The van der Waals surface area contributed by atoms with E-state index in [-0.39, 0.29) is 11.9 Å². The first-order valence-corrected chi connectivity index (χ1v) is 7.33. The van der Waals surface area contributed by atoms with Crippen LogP contribution in [-0.4, -0.2) is 51.2 Å². The zero-order valence-corrected chi connectivity index (χ0v) is 13.9. The Morgan fingerprint density at radius 1 is 1.36 bits per heavy atom. The topological polar surface area (TPSA) is 50.8 Å². The Morgan fingerprint density at radius 2 is 2.05 bits per heavy atom. The molecule has 1 amide bonds. The van der Waals surface area contributed by atoms with Gasteiger partial charge in [0.15, 0.2) is 11.5 Å². The van der Waals surface area contributed by atoms with Gasteiger partial charge in [0, 0.05) is 13.1 Å². The molecule has 122 valence electrons. The van der Waals surface area contributed by atoms with Crippen molar-refractivity contribution in [2.45, 2.75) is 19.4 Å². The number of methoxy groups -OCH3 is 2. The minimum absolute atomic E-state index is 0.00899. The van der Waals surface area contributed by atoms with Gasteiger partial charge in [-0.1, -0.05) is 12.1 Å². The SMILES string of the molecule is C=CCNC(=O)[C@@H](C)N(C)CCc1ccc(OC)c(OC)c1. The maximum atomic E-state index is 11.9. The van der Waals surface area contributed by atoms with Gasteiger partial charge in [-0.3, -0.25) is 9.69 Å². The molecule has 0 aliphatic rings. The lowest BCUT2D eigenvalue weighted by atomic mass is 10.1. The molecule has 1 aromatic rings. The van der Waals surface area contributed by atoms with Crippen LogP contribution >= 0.6 is 0 Å². The molecule has 5 heteroatoms. The summed E-state index contributed by atoms with van der Waals surface area (Å²) in [7, 11) is 5.19. The normalized spacial score (nSPS) is 11.9. The molecular formula is C17H26N2O3. The number of carbonyl (C=O) groups excluding carboxylic acids is 1. The number of likely N-dealkylation sites (N-methyl/N-ethyl adjacent to an activating group) is 1. The number of amides is 1. The van der Waals surface area contributed by atoms with E-state index < -0.39 is 0 Å². The quantitative estimate of drug-likeness (QED) is 0.708. The number of nitrogens with zero attached hydrogens (tertiary/aromatic N) is 1. The maximum absolute atomic E-state index is 11.9. The largest absolute Gasteiger partial charge is 0.493 e. The maximum Gasteiger partial charge on any atom is 0.237 e. The van der Waals surface area contributed by atoms with Crippen LogP contribution in [0.5, 0.6) is 11.5 Å². The zero-order chi connectivity index (χ0) is 16.5. The van der Waals surface area contributed by atoms with E-state index in [1.165, 1.54) is 0 Å². The number of rotatable bonds is 9. The van der Waals surface area contributed by atoms with Gasteiger partial charge < -0.3 is 14.8 Å². The first-order valence-electron chi connectivity index (χ1n) is 7.33. The molecule has 0 bridgehead atoms. The van der Waals surface area contributed by atoms with Crippen LogP contribution in [0.4, 0.5) is 0 Å². The molecule has 5 nitrogen and oxygen atoms in total. The van der Waals surface area contributed by atoms with Crippen LogP contribution in [0.25, 0.3) is 0 Å². The Balaban J connectivity index is 2.58. The molecule has 0 saturated heterocycles. The molecule has 0 fully saturated rings. The van der Waals surface area contributed by atoms with Crippen molar-refractivity contribution in [2.24, 2.45) is 0 Å². The number of benzene rings is 1. The van der Waals surface area contributed by atoms with E-state index in [4.69, 9.17) is 9.47 Å². The molecule has 1 N–H and O–H groups in total. The summed E-state index contributed by atoms with van der Waals surface area (Å²) in [5.74, 6) is 1.45. The van der Waals surface area contributed by atoms with E-state index in [9.17, 15) is 4.79 Å². The van der Waals surface area contributed by atoms with Gasteiger partial charge in [0.25, 0.3) is 0 Å². The lowest BCUT2D eigenvalue weighted by molar-refractivity contribution is -0.125. The van der Waals surface area contributed by atoms with E-state index in [0.717, 1.165) is 30.0 Å². The fraction of sp³-hybridized carbons (Fsp3) is 0.471. The van der Waals surface area contributed by atoms with Crippen LogP contribution in [0, 0.1) is 0 Å². The highest BCUT2D eigenvalue weighted by Gasteiger charge is 2.17. The van der Waals surface area contributed by atoms with E-state index in [2.05, 4.69) is 11.9 Å². The molecule has 0 spiro atoms. The number of carbonyl (C=O) groups is 1. The summed E-state index contributed by atoms with van der Waals surface area (Å²) in [5, 5.41) is 2.81. The average Bonchev–Trinajstić information content (AvgIpc) is 2.56. The molecule has 1 atom stereocenters. The summed E-state index contributed by atoms with van der Waals surface area (Å²) in [4.78, 5) is 13.9. The monoisotopic (exact) mass is 306 g/mol. The van der Waals surface area contributed by atoms with E-state index in [1.54, 1.807) is 20.3 Å². The molecular weight excluding hydrogens is 280 g/mol. The van der Waals surface area contributed by atoms with Gasteiger partial charge in [-0.15, -0.1) is 6.58 Å². The third-order valence-electron chi connectivity index (χ3n) is 3.66. The standard InChI is InChI=1S/C17H26N2O3/c1-6-10-18-17(20)13(2)19(3)11-9-14-7-8-15(21-4)16(12-14)22-5/h6-8,12-13H,1,9-11H2,2-5H3,(H,18,20)/t13-/m1/s1. The van der Waals surface area contributed by atoms with Crippen molar-refractivity contribution >= 4 is 5.91 Å². The Kier molecular flexibility index (Phi) is 7.46. The Morgan fingerprint density at radius 3 is 2.64 bits per heavy atom. The second-order valence-electron chi connectivity index (χ2n) is 5.13. The molecule has 0 aliphatic carbocycles. The van der Waals surface area contributed by atoms with Gasteiger partial charge in [0.2, 0.25) is 5.91 Å². The number of nitrogens with one attached hydrogen (secondary N) is 1. The molecule has 0 heterocycles. The van der Waals surface area contributed by atoms with E-state index in [1.807, 2.05) is 37.1 Å². The highest BCUT2D eigenvalue weighted by molar-refractivity contribution is 5.81. The first-order chi connectivity index (χ1) is 10.5. The van der Waals surface area contributed by atoms with Gasteiger partial charge in [0.05, 0.1) is 20.3 Å². The smallest absolute Gasteiger partial charge is 0.237 e. The van der Waals surface area contributed by atoms with Gasteiger partial charge in [-0.05, 0) is 38.1 Å². The lowest BCUT2D eigenvalue weighted by Crippen LogP contribution is -2.43. The molecule has 1 rings (SSSR count). The molecule has 22 heavy (non-hydrogen) atoms. The first kappa shape index (κ1) is 18.0. The average molecular weight is 306 g/mol. The third kappa shape index (κ3) is 5.07. The molecule has 0 aromatic heterocycles. The third-order valence-corrected chi connectivity index (χ3v) is 3.66. The molecule has 0 radical (unpaired) electrons. The number of hydrogen-bond donors (Lipinski definition) is 1. The van der Waals surface area contributed by atoms with Crippen molar-refractivity contribution in [3.05, 3.63) is 36.4 Å². The summed E-state index contributed by atoms with van der Waals surface area (Å²) in [6.45, 7) is 6.76. The predicted octanol–water partition coefficient (Wildman–Crippen LogP) is 1.87. The van der Waals surface area contributed by atoms with Crippen molar-refractivity contribution in [2.75, 3.05) is 34.4 Å². The second kappa shape index (κ2) is 9.10. The predicted molar refractivity (Wildman–Crippen MR) is 88.5 cm³/mol. The van der Waals surface area contributed by atoms with Crippen LogP contribution in [0.15, 0.2) is 30.9 Å². The van der Waals surface area contributed by atoms with Crippen LogP contribution in [0.1, 0.15) is 12.5 Å². The van der Waals surface area contributed by atoms with Gasteiger partial charge >= 0.3 is 0 Å². The lowest BCUT2D eigenvalue weighted by Gasteiger charge is -2.23. The molecule has 0 unspecified atom stereocenters. The Bertz CT molecular complexity index is 503. The fourth-order valence-corrected chi connectivity index (χ4v) is 2.06. The fourth-order valence-electron chi connectivity index (χ4n) is 2.06. The summed E-state index contributed by atoms with van der Waals surface area (Å²) in [5.41, 5.74) is 1.14. The molecule has 0 saturated carbocycles. The highest BCUT2D eigenvalue weighted by atomic mass is 16.5. The van der Waals surface area contributed by atoms with Gasteiger partial charge in [0.1, 0.15) is 0 Å². The number of ether oxygens (including phenoxy) is 2. The van der Waals surface area contributed by atoms with Crippen molar-refractivity contribution < 1.29 is 14.3 Å². The van der Waals surface area contributed by atoms with Gasteiger partial charge in [-0.25, -0.2) is 0 Å². The highest BCUT2D eigenvalue weighted by Crippen LogP contribution is 2.27. The van der Waals surface area contributed by atoms with Crippen molar-refractivity contribution in [1.82, 2.24) is 10.2 Å². The zero-order valence-electron chi connectivity index (χ0n) is 13.9. The Labute approximate surface area is 132 Å². The second-order valence-corrected chi connectivity index (χ2v) is 5.13. The Hall–Kier alpha value is -2.01. The van der Waals surface area contributed by atoms with Crippen LogP contribution in [0.3, 0.4) is 0 Å². The summed E-state index contributed by atoms with van der Waals surface area (Å²) in [6, 6.07) is 5.70.